The van der Waals surface area contributed by atoms with Crippen molar-refractivity contribution in [1.82, 2.24) is 20.6 Å². The Morgan fingerprint density at radius 3 is 2.70 bits per heavy atom. The zero-order valence-electron chi connectivity index (χ0n) is 19.6. The molecular formula is C25H24ClF2N7O2. The molecule has 2 saturated heterocycles. The maximum atomic E-state index is 13.3. The lowest BCUT2D eigenvalue weighted by Crippen LogP contribution is -2.51. The molecule has 2 aromatic carbocycles. The van der Waals surface area contributed by atoms with Gasteiger partial charge >= 0.3 is 6.61 Å². The van der Waals surface area contributed by atoms with Crippen molar-refractivity contribution < 1.29 is 18.3 Å². The molecule has 4 N–H and O–H groups in total. The molecule has 37 heavy (non-hydrogen) atoms. The van der Waals surface area contributed by atoms with Crippen molar-refractivity contribution in [2.24, 2.45) is 0 Å². The Labute approximate surface area is 216 Å². The molecule has 2 bridgehead atoms. The van der Waals surface area contributed by atoms with Gasteiger partial charge in [-0.15, -0.1) is 0 Å². The molecule has 0 radical (unpaired) electrons. The highest BCUT2D eigenvalue weighted by Crippen LogP contribution is 2.36. The number of ether oxygens (including phenoxy) is 1. The van der Waals surface area contributed by atoms with Gasteiger partial charge in [0.2, 0.25) is 5.95 Å². The molecule has 6 rings (SSSR count). The molecule has 9 nitrogen and oxygen atoms in total. The second-order valence-electron chi connectivity index (χ2n) is 9.26. The number of carbonyl (C=O) groups excluding carboxylic acids is 1. The first-order valence-corrected chi connectivity index (χ1v) is 12.4. The lowest BCUT2D eigenvalue weighted by Gasteiger charge is -2.35. The maximum absolute atomic E-state index is 13.3. The minimum Gasteiger partial charge on any atom is -0.433 e. The number of nitrogens with zero attached hydrogens (tertiary/aromatic N) is 3. The van der Waals surface area contributed by atoms with Gasteiger partial charge in [0, 0.05) is 43.5 Å². The first-order valence-electron chi connectivity index (χ1n) is 12.0. The summed E-state index contributed by atoms with van der Waals surface area (Å²) in [5, 5.41) is 12.6. The highest BCUT2D eigenvalue weighted by molar-refractivity contribution is 6.33. The third-order valence-electron chi connectivity index (χ3n) is 6.82. The van der Waals surface area contributed by atoms with Crippen LogP contribution in [0.25, 0.3) is 0 Å². The van der Waals surface area contributed by atoms with Crippen molar-refractivity contribution in [3.8, 4) is 5.75 Å². The molecule has 2 atom stereocenters. The van der Waals surface area contributed by atoms with Crippen LogP contribution in [0.15, 0.2) is 42.6 Å². The third kappa shape index (κ3) is 4.84. The summed E-state index contributed by atoms with van der Waals surface area (Å²) in [5.41, 5.74) is 3.04. The first kappa shape index (κ1) is 23.7. The van der Waals surface area contributed by atoms with E-state index in [0.29, 0.717) is 29.9 Å². The number of piperazine rings is 1. The van der Waals surface area contributed by atoms with Crippen molar-refractivity contribution >= 4 is 46.3 Å². The molecule has 2 fully saturated rings. The van der Waals surface area contributed by atoms with Crippen molar-refractivity contribution in [1.29, 1.82) is 0 Å². The Morgan fingerprint density at radius 2 is 1.92 bits per heavy atom. The van der Waals surface area contributed by atoms with Gasteiger partial charge in [-0.1, -0.05) is 23.7 Å². The van der Waals surface area contributed by atoms with Gasteiger partial charge in [0.1, 0.15) is 5.02 Å². The number of halogens is 3. The fourth-order valence-electron chi connectivity index (χ4n) is 5.16. The average molecular weight is 528 g/mol. The molecular weight excluding hydrogens is 504 g/mol. The van der Waals surface area contributed by atoms with Gasteiger partial charge in [0.05, 0.1) is 23.1 Å². The smallest absolute Gasteiger partial charge is 0.387 e. The number of carbonyl (C=O) groups is 1. The normalized spacial score (nSPS) is 20.1. The van der Waals surface area contributed by atoms with Gasteiger partial charge in [-0.3, -0.25) is 4.79 Å². The van der Waals surface area contributed by atoms with E-state index in [9.17, 15) is 13.6 Å². The fraction of sp³-hybridized carbons (Fsp3) is 0.320. The standard InChI is InChI=1S/C25H24ClF2N7O2/c26-17-10-30-25(34-22(17)32-19-3-1-2-13-9-29-23(36)21(13)19)33-18-7-6-16(8-20(18)37-24(27)28)35-11-14-4-5-15(12-35)31-14/h1-3,6-8,10,14-15,24,31H,4-5,9,11-12H2,(H,29,36)(H2,30,32,33,34)/t14-,15+. The summed E-state index contributed by atoms with van der Waals surface area (Å²) in [6, 6.07) is 11.4. The van der Waals surface area contributed by atoms with Crippen molar-refractivity contribution in [2.75, 3.05) is 28.6 Å². The average Bonchev–Trinajstić information content (AvgIpc) is 3.43. The van der Waals surface area contributed by atoms with Crippen LogP contribution in [0.1, 0.15) is 28.8 Å². The molecule has 1 aromatic heterocycles. The van der Waals surface area contributed by atoms with E-state index in [0.717, 1.165) is 37.2 Å². The molecule has 3 aromatic rings. The molecule has 3 aliphatic rings. The number of hydrogen-bond donors (Lipinski definition) is 4. The van der Waals surface area contributed by atoms with Crippen LogP contribution >= 0.6 is 11.6 Å². The van der Waals surface area contributed by atoms with E-state index in [1.807, 2.05) is 18.2 Å². The van der Waals surface area contributed by atoms with Crippen molar-refractivity contribution in [3.63, 3.8) is 0 Å². The van der Waals surface area contributed by atoms with Crippen LogP contribution in [0.5, 0.6) is 5.75 Å². The van der Waals surface area contributed by atoms with E-state index in [1.54, 1.807) is 18.2 Å². The summed E-state index contributed by atoms with van der Waals surface area (Å²) in [4.78, 5) is 23.1. The second-order valence-corrected chi connectivity index (χ2v) is 9.67. The van der Waals surface area contributed by atoms with E-state index in [4.69, 9.17) is 16.3 Å². The van der Waals surface area contributed by atoms with Gasteiger partial charge in [-0.2, -0.15) is 13.8 Å². The van der Waals surface area contributed by atoms with Crippen molar-refractivity contribution in [2.45, 2.75) is 38.1 Å². The Balaban J connectivity index is 1.26. The molecule has 4 heterocycles. The molecule has 0 saturated carbocycles. The van der Waals surface area contributed by atoms with Gasteiger partial charge in [0.15, 0.2) is 11.6 Å². The Kier molecular flexibility index (Phi) is 6.17. The van der Waals surface area contributed by atoms with E-state index in [2.05, 4.69) is 36.1 Å². The number of nitrogens with one attached hydrogen (secondary N) is 4. The summed E-state index contributed by atoms with van der Waals surface area (Å²) >= 11 is 6.32. The van der Waals surface area contributed by atoms with Crippen LogP contribution in [-0.2, 0) is 6.54 Å². The highest BCUT2D eigenvalue weighted by atomic mass is 35.5. The first-order chi connectivity index (χ1) is 17.9. The van der Waals surface area contributed by atoms with Gasteiger partial charge in [0.25, 0.3) is 5.91 Å². The SMILES string of the molecule is O=C1NCc2cccc(Nc3nc(Nc4ccc(N5C[C@H]6CC[C@@H](C5)N6)cc4OC(F)F)ncc3Cl)c21. The zero-order valence-corrected chi connectivity index (χ0v) is 20.4. The van der Waals surface area contributed by atoms with Crippen molar-refractivity contribution in [3.05, 3.63) is 58.7 Å². The van der Waals surface area contributed by atoms with Crippen LogP contribution in [0, 0.1) is 0 Å². The van der Waals surface area contributed by atoms with E-state index >= 15 is 0 Å². The topological polar surface area (TPSA) is 103 Å². The van der Waals surface area contributed by atoms with E-state index < -0.39 is 6.61 Å². The summed E-state index contributed by atoms with van der Waals surface area (Å²) in [6.45, 7) is -0.918. The molecule has 0 spiro atoms. The fourth-order valence-corrected chi connectivity index (χ4v) is 5.30. The summed E-state index contributed by atoms with van der Waals surface area (Å²) in [7, 11) is 0. The monoisotopic (exact) mass is 527 g/mol. The Hall–Kier alpha value is -3.70. The number of anilines is 5. The molecule has 192 valence electrons. The van der Waals surface area contributed by atoms with Crippen LogP contribution in [0.4, 0.5) is 37.6 Å². The maximum Gasteiger partial charge on any atom is 0.387 e. The van der Waals surface area contributed by atoms with Gasteiger partial charge < -0.3 is 30.9 Å². The van der Waals surface area contributed by atoms with Gasteiger partial charge in [-0.25, -0.2) is 4.98 Å². The molecule has 0 aliphatic carbocycles. The Morgan fingerprint density at radius 1 is 1.11 bits per heavy atom. The predicted octanol–water partition coefficient (Wildman–Crippen LogP) is 4.40. The summed E-state index contributed by atoms with van der Waals surface area (Å²) < 4.78 is 31.4. The van der Waals surface area contributed by atoms with E-state index in [1.165, 1.54) is 6.20 Å². The largest absolute Gasteiger partial charge is 0.433 e. The number of benzene rings is 2. The molecule has 12 heteroatoms. The number of aromatic nitrogens is 2. The minimum absolute atomic E-state index is 0.0102. The molecule has 1 amide bonds. The lowest BCUT2D eigenvalue weighted by atomic mass is 10.1. The summed E-state index contributed by atoms with van der Waals surface area (Å²) in [5.74, 6) is 0.185. The van der Waals surface area contributed by atoms with Crippen LogP contribution in [0.2, 0.25) is 5.02 Å². The highest BCUT2D eigenvalue weighted by Gasteiger charge is 2.32. The molecule has 0 unspecified atom stereocenters. The predicted molar refractivity (Wildman–Crippen MR) is 136 cm³/mol. The number of alkyl halides is 2. The van der Waals surface area contributed by atoms with Crippen LogP contribution in [-0.4, -0.2) is 47.7 Å². The number of amides is 1. The summed E-state index contributed by atoms with van der Waals surface area (Å²) in [6.07, 6.45) is 3.62. The second kappa shape index (κ2) is 9.64. The third-order valence-corrected chi connectivity index (χ3v) is 7.10. The lowest BCUT2D eigenvalue weighted by molar-refractivity contribution is -0.0493. The minimum atomic E-state index is -3.00. The quantitative estimate of drug-likeness (QED) is 0.358. The number of hydrogen-bond acceptors (Lipinski definition) is 8. The van der Waals surface area contributed by atoms with Gasteiger partial charge in [-0.05, 0) is 36.6 Å². The zero-order chi connectivity index (χ0) is 25.5. The molecule has 3 aliphatic heterocycles. The Bertz CT molecular complexity index is 1350. The van der Waals surface area contributed by atoms with E-state index in [-0.39, 0.29) is 34.1 Å². The number of rotatable bonds is 7. The van der Waals surface area contributed by atoms with Crippen LogP contribution < -0.4 is 30.9 Å². The van der Waals surface area contributed by atoms with Crippen LogP contribution in [0.3, 0.4) is 0 Å². The number of fused-ring (bicyclic) bond motifs is 3.